The van der Waals surface area contributed by atoms with Crippen molar-refractivity contribution in [1.29, 1.82) is 0 Å². The molecule has 1 heterocycles. The lowest BCUT2D eigenvalue weighted by Gasteiger charge is -2.69. The summed E-state index contributed by atoms with van der Waals surface area (Å²) in [7, 11) is 0. The smallest absolute Gasteiger partial charge is 0.331 e. The van der Waals surface area contributed by atoms with Gasteiger partial charge in [-0.3, -0.25) is 4.79 Å². The lowest BCUT2D eigenvalue weighted by atomic mass is 9.39. The van der Waals surface area contributed by atoms with Gasteiger partial charge in [0.15, 0.2) is 0 Å². The van der Waals surface area contributed by atoms with Crippen molar-refractivity contribution in [1.82, 2.24) is 0 Å². The molecule has 5 aliphatic rings. The second kappa shape index (κ2) is 7.30. The highest BCUT2D eigenvalue weighted by Crippen LogP contribution is 2.69. The molecule has 0 radical (unpaired) electrons. The number of aliphatic hydroxyl groups is 2. The first-order valence-electron chi connectivity index (χ1n) is 12.5. The Morgan fingerprint density at radius 3 is 2.44 bits per heavy atom. The Morgan fingerprint density at radius 2 is 1.75 bits per heavy atom. The average Bonchev–Trinajstić information content (AvgIpc) is 3.14. The fourth-order valence-electron chi connectivity index (χ4n) is 8.91. The van der Waals surface area contributed by atoms with E-state index in [1.807, 2.05) is 0 Å². The number of hydrogen-bond donors (Lipinski definition) is 2. The van der Waals surface area contributed by atoms with E-state index < -0.39 is 11.2 Å². The third kappa shape index (κ3) is 2.97. The van der Waals surface area contributed by atoms with Crippen molar-refractivity contribution in [2.75, 3.05) is 6.61 Å². The first kappa shape index (κ1) is 22.4. The van der Waals surface area contributed by atoms with E-state index in [9.17, 15) is 19.8 Å². The molecule has 8 unspecified atom stereocenters. The van der Waals surface area contributed by atoms with Crippen LogP contribution in [0.3, 0.4) is 0 Å². The van der Waals surface area contributed by atoms with Crippen LogP contribution in [0.1, 0.15) is 85.0 Å². The van der Waals surface area contributed by atoms with E-state index in [0.717, 1.165) is 56.9 Å². The maximum Gasteiger partial charge on any atom is 0.331 e. The number of carbonyl (C=O) groups is 2. The molecular weight excluding hydrogens is 408 g/mol. The molecule has 4 saturated carbocycles. The van der Waals surface area contributed by atoms with Crippen LogP contribution in [0.2, 0.25) is 0 Å². The van der Waals surface area contributed by atoms with Crippen molar-refractivity contribution in [3.8, 4) is 0 Å². The van der Waals surface area contributed by atoms with Crippen molar-refractivity contribution < 1.29 is 29.3 Å². The van der Waals surface area contributed by atoms with E-state index in [0.29, 0.717) is 19.4 Å². The van der Waals surface area contributed by atoms with E-state index in [4.69, 9.17) is 9.47 Å². The second-order valence-corrected chi connectivity index (χ2v) is 11.8. The number of carbonyl (C=O) groups excluding carboxylic acids is 2. The maximum absolute atomic E-state index is 12.4. The van der Waals surface area contributed by atoms with Gasteiger partial charge in [0.25, 0.3) is 0 Å². The molecule has 0 aromatic rings. The van der Waals surface area contributed by atoms with Crippen LogP contribution in [0, 0.1) is 28.6 Å². The van der Waals surface area contributed by atoms with E-state index in [2.05, 4.69) is 13.8 Å². The quantitative estimate of drug-likeness (QED) is 0.629. The summed E-state index contributed by atoms with van der Waals surface area (Å²) in [5.74, 6) is 0.00808. The molecular formula is C26H38O6. The maximum atomic E-state index is 12.4. The zero-order valence-corrected chi connectivity index (χ0v) is 19.7. The lowest BCUT2D eigenvalue weighted by molar-refractivity contribution is -0.274. The first-order valence-corrected chi connectivity index (χ1v) is 12.5. The van der Waals surface area contributed by atoms with Crippen molar-refractivity contribution >= 4 is 11.9 Å². The lowest BCUT2D eigenvalue weighted by Crippen LogP contribution is -2.69. The summed E-state index contributed by atoms with van der Waals surface area (Å²) in [5, 5.41) is 24.2. The van der Waals surface area contributed by atoms with E-state index >= 15 is 0 Å². The van der Waals surface area contributed by atoms with Crippen LogP contribution >= 0.6 is 0 Å². The zero-order valence-electron chi connectivity index (χ0n) is 19.7. The Balaban J connectivity index is 1.45. The molecule has 0 aromatic carbocycles. The summed E-state index contributed by atoms with van der Waals surface area (Å²) in [6, 6.07) is 0. The van der Waals surface area contributed by atoms with Gasteiger partial charge < -0.3 is 19.7 Å². The van der Waals surface area contributed by atoms with Gasteiger partial charge in [-0.15, -0.1) is 0 Å². The highest BCUT2D eigenvalue weighted by atomic mass is 16.5. The minimum atomic E-state index is -0.862. The zero-order chi connectivity index (χ0) is 22.9. The van der Waals surface area contributed by atoms with Crippen LogP contribution in [-0.4, -0.2) is 46.1 Å². The third-order valence-electron chi connectivity index (χ3n) is 10.6. The van der Waals surface area contributed by atoms with Crippen molar-refractivity contribution in [3.63, 3.8) is 0 Å². The van der Waals surface area contributed by atoms with Crippen molar-refractivity contribution in [3.05, 3.63) is 11.6 Å². The van der Waals surface area contributed by atoms with Crippen LogP contribution in [0.25, 0.3) is 0 Å². The standard InChI is InChI=1S/C26H38O6/c1-16(27)32-18-6-10-23(2)20-7-11-24(3)19(17-13-22(28)31-15-17)5-4-9-26(24,30)21(20)8-12-25(23,29)14-18/h13,18-21,29-30H,4-12,14-15H2,1-3H3. The number of cyclic esters (lactones) is 1. The van der Waals surface area contributed by atoms with Gasteiger partial charge in [-0.2, -0.15) is 0 Å². The Hall–Kier alpha value is -1.40. The minimum absolute atomic E-state index is 0.137. The summed E-state index contributed by atoms with van der Waals surface area (Å²) in [6.45, 7) is 6.24. The Kier molecular flexibility index (Phi) is 5.11. The van der Waals surface area contributed by atoms with Crippen LogP contribution in [0.15, 0.2) is 11.6 Å². The molecule has 8 atom stereocenters. The average molecular weight is 447 g/mol. The molecule has 32 heavy (non-hydrogen) atoms. The highest BCUT2D eigenvalue weighted by molar-refractivity contribution is 5.85. The summed E-state index contributed by atoms with van der Waals surface area (Å²) in [6.07, 6.45) is 9.52. The van der Waals surface area contributed by atoms with Crippen LogP contribution in [0.4, 0.5) is 0 Å². The van der Waals surface area contributed by atoms with Gasteiger partial charge >= 0.3 is 11.9 Å². The Labute approximate surface area is 190 Å². The minimum Gasteiger partial charge on any atom is -0.462 e. The van der Waals surface area contributed by atoms with E-state index in [1.165, 1.54) is 6.92 Å². The molecule has 0 aromatic heterocycles. The molecule has 0 spiro atoms. The van der Waals surface area contributed by atoms with Crippen molar-refractivity contribution in [2.24, 2.45) is 28.6 Å². The normalized spacial score (nSPS) is 50.4. The molecule has 0 saturated heterocycles. The molecule has 6 heteroatoms. The third-order valence-corrected chi connectivity index (χ3v) is 10.6. The SMILES string of the molecule is CC(=O)OC1CCC2(C)C3CCC4(C)C(C5=CC(=O)OC5)CCCC4(O)C3CCC2(O)C1. The Bertz CT molecular complexity index is 851. The monoisotopic (exact) mass is 446 g/mol. The number of fused-ring (bicyclic) bond motifs is 5. The van der Waals surface area contributed by atoms with Crippen LogP contribution in [0.5, 0.6) is 0 Å². The first-order chi connectivity index (χ1) is 15.0. The molecule has 4 aliphatic carbocycles. The van der Waals surface area contributed by atoms with E-state index in [-0.39, 0.29) is 46.6 Å². The van der Waals surface area contributed by atoms with Crippen LogP contribution < -0.4 is 0 Å². The molecule has 2 N–H and O–H groups in total. The molecule has 178 valence electrons. The highest BCUT2D eigenvalue weighted by Gasteiger charge is 2.69. The van der Waals surface area contributed by atoms with Gasteiger partial charge in [-0.1, -0.05) is 13.8 Å². The summed E-state index contributed by atoms with van der Waals surface area (Å²) in [5.41, 5.74) is -1.19. The fraction of sp³-hybridized carbons (Fsp3) is 0.846. The molecule has 6 nitrogen and oxygen atoms in total. The van der Waals surface area contributed by atoms with Crippen LogP contribution in [-0.2, 0) is 19.1 Å². The predicted octanol–water partition coefficient (Wildman–Crippen LogP) is 3.68. The molecule has 5 rings (SSSR count). The molecule has 0 bridgehead atoms. The number of hydrogen-bond acceptors (Lipinski definition) is 6. The fourth-order valence-corrected chi connectivity index (χ4v) is 8.91. The van der Waals surface area contributed by atoms with Gasteiger partial charge in [0, 0.05) is 24.8 Å². The van der Waals surface area contributed by atoms with Gasteiger partial charge in [0.2, 0.25) is 0 Å². The summed E-state index contributed by atoms with van der Waals surface area (Å²) in [4.78, 5) is 23.3. The van der Waals surface area contributed by atoms with Gasteiger partial charge in [-0.25, -0.2) is 4.79 Å². The number of rotatable bonds is 2. The number of esters is 2. The van der Waals surface area contributed by atoms with Gasteiger partial charge in [-0.05, 0) is 86.5 Å². The summed E-state index contributed by atoms with van der Waals surface area (Å²) >= 11 is 0. The molecule has 4 fully saturated rings. The second-order valence-electron chi connectivity index (χ2n) is 11.8. The van der Waals surface area contributed by atoms with Gasteiger partial charge in [0.05, 0.1) is 11.2 Å². The molecule has 0 amide bonds. The molecule has 1 aliphatic heterocycles. The topological polar surface area (TPSA) is 93.1 Å². The van der Waals surface area contributed by atoms with Gasteiger partial charge in [0.1, 0.15) is 12.7 Å². The van der Waals surface area contributed by atoms with Crippen molar-refractivity contribution in [2.45, 2.75) is 102 Å². The van der Waals surface area contributed by atoms with E-state index in [1.54, 1.807) is 6.08 Å². The number of ether oxygens (including phenoxy) is 2. The summed E-state index contributed by atoms with van der Waals surface area (Å²) < 4.78 is 10.7. The Morgan fingerprint density at radius 1 is 1.03 bits per heavy atom. The predicted molar refractivity (Wildman–Crippen MR) is 117 cm³/mol. The largest absolute Gasteiger partial charge is 0.462 e.